The Bertz CT molecular complexity index is 521. The van der Waals surface area contributed by atoms with E-state index in [1.54, 1.807) is 0 Å². The fourth-order valence-corrected chi connectivity index (χ4v) is 2.56. The van der Waals surface area contributed by atoms with E-state index in [9.17, 15) is 4.39 Å². The average molecular weight is 286 g/mol. The van der Waals surface area contributed by atoms with Crippen molar-refractivity contribution >= 4 is 0 Å². The minimum Gasteiger partial charge on any atom is -0.376 e. The standard InChI is InChI=1S/C19H23FO/c1-3-17(14-21-13-16-7-5-4-6-8-16)15(2)18-9-11-19(20)12-10-18/h4-12,15,17H,3,13-14H2,1-2H3. The fraction of sp³-hybridized carbons (Fsp3) is 0.368. The van der Waals surface area contributed by atoms with Gasteiger partial charge in [0.2, 0.25) is 0 Å². The van der Waals surface area contributed by atoms with Crippen molar-refractivity contribution in [1.82, 2.24) is 0 Å². The summed E-state index contributed by atoms with van der Waals surface area (Å²) >= 11 is 0. The highest BCUT2D eigenvalue weighted by Crippen LogP contribution is 2.27. The number of benzene rings is 2. The molecule has 2 atom stereocenters. The number of hydrogen-bond acceptors (Lipinski definition) is 1. The normalized spacial score (nSPS) is 13.9. The van der Waals surface area contributed by atoms with Crippen molar-refractivity contribution < 1.29 is 9.13 Å². The fourth-order valence-electron chi connectivity index (χ4n) is 2.56. The summed E-state index contributed by atoms with van der Waals surface area (Å²) in [5.74, 6) is 0.630. The van der Waals surface area contributed by atoms with Crippen LogP contribution in [0.15, 0.2) is 54.6 Å². The molecule has 2 heteroatoms. The van der Waals surface area contributed by atoms with E-state index >= 15 is 0 Å². The van der Waals surface area contributed by atoms with Crippen LogP contribution in [-0.2, 0) is 11.3 Å². The summed E-state index contributed by atoms with van der Waals surface area (Å²) in [4.78, 5) is 0. The number of ether oxygens (including phenoxy) is 1. The third-order valence-corrected chi connectivity index (χ3v) is 4.07. The first kappa shape index (κ1) is 15.7. The lowest BCUT2D eigenvalue weighted by molar-refractivity contribution is 0.0781. The summed E-state index contributed by atoms with van der Waals surface area (Å²) in [7, 11) is 0. The van der Waals surface area contributed by atoms with Gasteiger partial charge in [0.15, 0.2) is 0 Å². The molecule has 0 aliphatic heterocycles. The molecule has 112 valence electrons. The molecule has 2 unspecified atom stereocenters. The smallest absolute Gasteiger partial charge is 0.123 e. The molecular weight excluding hydrogens is 263 g/mol. The molecule has 0 aliphatic carbocycles. The first-order valence-electron chi connectivity index (χ1n) is 7.57. The monoisotopic (exact) mass is 286 g/mol. The van der Waals surface area contributed by atoms with Crippen molar-refractivity contribution in [3.8, 4) is 0 Å². The van der Waals surface area contributed by atoms with Gasteiger partial charge in [0.25, 0.3) is 0 Å². The Morgan fingerprint density at radius 2 is 1.67 bits per heavy atom. The Kier molecular flexibility index (Phi) is 5.94. The van der Waals surface area contributed by atoms with E-state index in [0.717, 1.165) is 13.0 Å². The van der Waals surface area contributed by atoms with Crippen molar-refractivity contribution in [2.45, 2.75) is 32.8 Å². The molecule has 2 aromatic carbocycles. The van der Waals surface area contributed by atoms with Gasteiger partial charge in [-0.1, -0.05) is 62.7 Å². The maximum Gasteiger partial charge on any atom is 0.123 e. The van der Waals surface area contributed by atoms with Gasteiger partial charge in [-0.05, 0) is 35.1 Å². The maximum atomic E-state index is 13.0. The van der Waals surface area contributed by atoms with Crippen LogP contribution in [0.3, 0.4) is 0 Å². The van der Waals surface area contributed by atoms with Gasteiger partial charge < -0.3 is 4.74 Å². The molecule has 0 N–H and O–H groups in total. The second-order valence-corrected chi connectivity index (χ2v) is 5.51. The maximum absolute atomic E-state index is 13.0. The highest BCUT2D eigenvalue weighted by molar-refractivity contribution is 5.20. The van der Waals surface area contributed by atoms with Crippen molar-refractivity contribution in [3.63, 3.8) is 0 Å². The van der Waals surface area contributed by atoms with Gasteiger partial charge in [0.1, 0.15) is 5.82 Å². The van der Waals surface area contributed by atoms with E-state index in [4.69, 9.17) is 4.74 Å². The average Bonchev–Trinajstić information content (AvgIpc) is 2.53. The predicted molar refractivity (Wildman–Crippen MR) is 84.7 cm³/mol. The van der Waals surface area contributed by atoms with Crippen molar-refractivity contribution in [1.29, 1.82) is 0 Å². The molecule has 0 saturated carbocycles. The first-order valence-corrected chi connectivity index (χ1v) is 7.57. The van der Waals surface area contributed by atoms with Gasteiger partial charge in [0, 0.05) is 0 Å². The third kappa shape index (κ3) is 4.68. The van der Waals surface area contributed by atoms with Gasteiger partial charge in [-0.15, -0.1) is 0 Å². The third-order valence-electron chi connectivity index (χ3n) is 4.07. The van der Waals surface area contributed by atoms with E-state index in [1.165, 1.54) is 23.3 Å². The van der Waals surface area contributed by atoms with Crippen LogP contribution >= 0.6 is 0 Å². The summed E-state index contributed by atoms with van der Waals surface area (Å²) in [6, 6.07) is 17.0. The minimum absolute atomic E-state index is 0.181. The predicted octanol–water partition coefficient (Wildman–Crippen LogP) is 5.17. The molecule has 0 saturated heterocycles. The van der Waals surface area contributed by atoms with Crippen molar-refractivity contribution in [2.24, 2.45) is 5.92 Å². The molecule has 0 bridgehead atoms. The second kappa shape index (κ2) is 7.94. The lowest BCUT2D eigenvalue weighted by Gasteiger charge is -2.23. The van der Waals surface area contributed by atoms with Crippen LogP contribution in [0.25, 0.3) is 0 Å². The highest BCUT2D eigenvalue weighted by Gasteiger charge is 2.17. The first-order chi connectivity index (χ1) is 10.2. The number of hydrogen-bond donors (Lipinski definition) is 0. The molecule has 0 heterocycles. The van der Waals surface area contributed by atoms with Gasteiger partial charge in [0.05, 0.1) is 13.2 Å². The summed E-state index contributed by atoms with van der Waals surface area (Å²) in [6.07, 6.45) is 1.05. The molecule has 0 aliphatic rings. The van der Waals surface area contributed by atoms with Gasteiger partial charge in [-0.3, -0.25) is 0 Å². The van der Waals surface area contributed by atoms with Gasteiger partial charge in [-0.2, -0.15) is 0 Å². The van der Waals surface area contributed by atoms with Crippen LogP contribution in [0, 0.1) is 11.7 Å². The molecule has 2 rings (SSSR count). The lowest BCUT2D eigenvalue weighted by Crippen LogP contribution is -2.16. The largest absolute Gasteiger partial charge is 0.376 e. The van der Waals surface area contributed by atoms with Crippen molar-refractivity contribution in [2.75, 3.05) is 6.61 Å². The summed E-state index contributed by atoms with van der Waals surface area (Å²) < 4.78 is 18.9. The summed E-state index contributed by atoms with van der Waals surface area (Å²) in [5, 5.41) is 0. The van der Waals surface area contributed by atoms with E-state index in [2.05, 4.69) is 26.0 Å². The Morgan fingerprint density at radius 3 is 2.29 bits per heavy atom. The number of rotatable bonds is 7. The van der Waals surface area contributed by atoms with Gasteiger partial charge in [-0.25, -0.2) is 4.39 Å². The quantitative estimate of drug-likeness (QED) is 0.682. The number of halogens is 1. The van der Waals surface area contributed by atoms with Crippen LogP contribution in [0.1, 0.15) is 37.3 Å². The van der Waals surface area contributed by atoms with Gasteiger partial charge >= 0.3 is 0 Å². The zero-order valence-corrected chi connectivity index (χ0v) is 12.8. The molecule has 0 amide bonds. The molecule has 2 aromatic rings. The Labute approximate surface area is 126 Å². The van der Waals surface area contributed by atoms with E-state index in [1.807, 2.05) is 30.3 Å². The van der Waals surface area contributed by atoms with Crippen molar-refractivity contribution in [3.05, 3.63) is 71.5 Å². The topological polar surface area (TPSA) is 9.23 Å². The zero-order chi connectivity index (χ0) is 15.1. The molecule has 0 fully saturated rings. The molecule has 21 heavy (non-hydrogen) atoms. The van der Waals surface area contributed by atoms with E-state index in [0.29, 0.717) is 18.4 Å². The Balaban J connectivity index is 1.88. The summed E-state index contributed by atoms with van der Waals surface area (Å²) in [5.41, 5.74) is 2.37. The molecule has 1 nitrogen and oxygen atoms in total. The van der Waals surface area contributed by atoms with E-state index < -0.39 is 0 Å². The molecule has 0 radical (unpaired) electrons. The lowest BCUT2D eigenvalue weighted by atomic mass is 9.86. The van der Waals surface area contributed by atoms with Crippen LogP contribution in [-0.4, -0.2) is 6.61 Å². The van der Waals surface area contributed by atoms with Crippen LogP contribution in [0.5, 0.6) is 0 Å². The van der Waals surface area contributed by atoms with Crippen LogP contribution in [0.4, 0.5) is 4.39 Å². The second-order valence-electron chi connectivity index (χ2n) is 5.51. The van der Waals surface area contributed by atoms with Crippen LogP contribution in [0.2, 0.25) is 0 Å². The molecule has 0 spiro atoms. The van der Waals surface area contributed by atoms with Crippen LogP contribution < -0.4 is 0 Å². The SMILES string of the molecule is CCC(COCc1ccccc1)C(C)c1ccc(F)cc1. The summed E-state index contributed by atoms with van der Waals surface area (Å²) in [6.45, 7) is 5.74. The molecule has 0 aromatic heterocycles. The zero-order valence-electron chi connectivity index (χ0n) is 12.8. The molecular formula is C19H23FO. The Hall–Kier alpha value is -1.67. The Morgan fingerprint density at radius 1 is 1.00 bits per heavy atom. The van der Waals surface area contributed by atoms with E-state index in [-0.39, 0.29) is 5.82 Å². The minimum atomic E-state index is -0.181. The highest BCUT2D eigenvalue weighted by atomic mass is 19.1.